The molecule has 19 heavy (non-hydrogen) atoms. The Kier molecular flexibility index (Phi) is 2.75. The highest BCUT2D eigenvalue weighted by molar-refractivity contribution is 5.96. The third-order valence-electron chi connectivity index (χ3n) is 2.72. The molecule has 6 nitrogen and oxygen atoms in total. The minimum absolute atomic E-state index is 0.0493. The van der Waals surface area contributed by atoms with Crippen LogP contribution >= 0.6 is 0 Å². The Labute approximate surface area is 109 Å². The number of anilines is 1. The molecule has 2 heterocycles. The van der Waals surface area contributed by atoms with Crippen molar-refractivity contribution in [3.8, 4) is 23.0 Å². The fourth-order valence-electron chi connectivity index (χ4n) is 1.84. The van der Waals surface area contributed by atoms with Gasteiger partial charge in [0.1, 0.15) is 5.75 Å². The van der Waals surface area contributed by atoms with E-state index in [1.165, 1.54) is 7.11 Å². The van der Waals surface area contributed by atoms with Gasteiger partial charge in [0, 0.05) is 11.8 Å². The lowest BCUT2D eigenvalue weighted by Crippen LogP contribution is -2.25. The number of ether oxygens (including phenoxy) is 2. The summed E-state index contributed by atoms with van der Waals surface area (Å²) in [6, 6.07) is 7.57. The molecule has 1 aliphatic rings. The Morgan fingerprint density at radius 2 is 2.26 bits per heavy atom. The van der Waals surface area contributed by atoms with Gasteiger partial charge in [-0.05, 0) is 24.3 Å². The molecule has 0 radical (unpaired) electrons. The predicted octanol–water partition coefficient (Wildman–Crippen LogP) is 1.48. The summed E-state index contributed by atoms with van der Waals surface area (Å²) in [4.78, 5) is 19.5. The molecule has 0 bridgehead atoms. The third kappa shape index (κ3) is 2.20. The molecule has 1 aromatic heterocycles. The molecule has 6 heteroatoms. The second kappa shape index (κ2) is 4.56. The van der Waals surface area contributed by atoms with Crippen LogP contribution in [0.5, 0.6) is 11.8 Å². The largest absolute Gasteiger partial charge is 0.482 e. The van der Waals surface area contributed by atoms with Crippen LogP contribution in [-0.4, -0.2) is 29.6 Å². The van der Waals surface area contributed by atoms with Gasteiger partial charge < -0.3 is 14.8 Å². The van der Waals surface area contributed by atoms with Gasteiger partial charge in [0.05, 0.1) is 18.5 Å². The van der Waals surface area contributed by atoms with Crippen molar-refractivity contribution >= 4 is 11.6 Å². The molecule has 1 amide bonds. The van der Waals surface area contributed by atoms with Crippen LogP contribution in [-0.2, 0) is 4.79 Å². The van der Waals surface area contributed by atoms with Crippen LogP contribution in [0, 0.1) is 0 Å². The number of carbonyl (C=O) groups is 1. The van der Waals surface area contributed by atoms with E-state index in [4.69, 9.17) is 9.47 Å². The van der Waals surface area contributed by atoms with Gasteiger partial charge in [-0.25, -0.2) is 4.98 Å². The average Bonchev–Trinajstić information content (AvgIpc) is 2.46. The van der Waals surface area contributed by atoms with Crippen LogP contribution in [0.15, 0.2) is 30.5 Å². The van der Waals surface area contributed by atoms with Crippen molar-refractivity contribution in [3.05, 3.63) is 30.5 Å². The maximum absolute atomic E-state index is 11.3. The van der Waals surface area contributed by atoms with E-state index in [-0.39, 0.29) is 12.5 Å². The summed E-state index contributed by atoms with van der Waals surface area (Å²) in [5, 5.41) is 2.76. The molecular formula is C13H11N3O3. The summed E-state index contributed by atoms with van der Waals surface area (Å²) in [5.41, 5.74) is 2.21. The lowest BCUT2D eigenvalue weighted by atomic mass is 10.1. The molecule has 2 aromatic rings. The van der Waals surface area contributed by atoms with Gasteiger partial charge in [0.2, 0.25) is 0 Å². The molecule has 0 fully saturated rings. The standard InChI is InChI=1S/C13H11N3O3/c1-18-13-14-5-4-9(16-13)8-2-3-11-10(6-8)15-12(17)7-19-11/h2-6H,7H2,1H3,(H,15,17). The minimum Gasteiger partial charge on any atom is -0.482 e. The first-order valence-electron chi connectivity index (χ1n) is 5.70. The topological polar surface area (TPSA) is 73.3 Å². The Balaban J connectivity index is 2.01. The Morgan fingerprint density at radius 3 is 3.11 bits per heavy atom. The first-order chi connectivity index (χ1) is 9.26. The smallest absolute Gasteiger partial charge is 0.316 e. The maximum Gasteiger partial charge on any atom is 0.316 e. The second-order valence-electron chi connectivity index (χ2n) is 3.98. The fourth-order valence-corrected chi connectivity index (χ4v) is 1.84. The number of carbonyl (C=O) groups excluding carboxylic acids is 1. The number of fused-ring (bicyclic) bond motifs is 1. The van der Waals surface area contributed by atoms with Crippen LogP contribution in [0.2, 0.25) is 0 Å². The number of hydrogen-bond donors (Lipinski definition) is 1. The fraction of sp³-hybridized carbons (Fsp3) is 0.154. The molecule has 0 saturated carbocycles. The van der Waals surface area contributed by atoms with E-state index in [0.29, 0.717) is 17.4 Å². The predicted molar refractivity (Wildman–Crippen MR) is 68.1 cm³/mol. The number of rotatable bonds is 2. The first-order valence-corrected chi connectivity index (χ1v) is 5.70. The van der Waals surface area contributed by atoms with Gasteiger partial charge in [-0.15, -0.1) is 0 Å². The molecule has 0 unspecified atom stereocenters. The Hall–Kier alpha value is -2.63. The summed E-state index contributed by atoms with van der Waals surface area (Å²) >= 11 is 0. The number of benzene rings is 1. The highest BCUT2D eigenvalue weighted by Crippen LogP contribution is 2.32. The van der Waals surface area contributed by atoms with E-state index in [9.17, 15) is 4.79 Å². The van der Waals surface area contributed by atoms with Gasteiger partial charge in [-0.1, -0.05) is 0 Å². The van der Waals surface area contributed by atoms with E-state index < -0.39 is 0 Å². The second-order valence-corrected chi connectivity index (χ2v) is 3.98. The number of aromatic nitrogens is 2. The molecule has 96 valence electrons. The Bertz CT molecular complexity index is 643. The van der Waals surface area contributed by atoms with E-state index in [0.717, 1.165) is 11.3 Å². The molecule has 1 aromatic carbocycles. The summed E-state index contributed by atoms with van der Waals surface area (Å²) in [6.07, 6.45) is 1.62. The number of nitrogens with zero attached hydrogens (tertiary/aromatic N) is 2. The molecule has 0 aliphatic carbocycles. The van der Waals surface area contributed by atoms with Gasteiger partial charge in [-0.2, -0.15) is 4.98 Å². The van der Waals surface area contributed by atoms with E-state index in [1.54, 1.807) is 18.3 Å². The van der Waals surface area contributed by atoms with Crippen molar-refractivity contribution < 1.29 is 14.3 Å². The SMILES string of the molecule is COc1nccc(-c2ccc3c(c2)NC(=O)CO3)n1. The molecule has 1 N–H and O–H groups in total. The van der Waals surface area contributed by atoms with Crippen molar-refractivity contribution in [1.29, 1.82) is 0 Å². The quantitative estimate of drug-likeness (QED) is 0.882. The number of nitrogens with one attached hydrogen (secondary N) is 1. The summed E-state index contributed by atoms with van der Waals surface area (Å²) in [7, 11) is 1.51. The van der Waals surface area contributed by atoms with E-state index in [2.05, 4.69) is 15.3 Å². The van der Waals surface area contributed by atoms with Crippen molar-refractivity contribution in [2.45, 2.75) is 0 Å². The number of hydrogen-bond acceptors (Lipinski definition) is 5. The molecule has 1 aliphatic heterocycles. The van der Waals surface area contributed by atoms with Crippen LogP contribution in [0.25, 0.3) is 11.3 Å². The van der Waals surface area contributed by atoms with Gasteiger partial charge >= 0.3 is 6.01 Å². The van der Waals surface area contributed by atoms with Crippen molar-refractivity contribution in [3.63, 3.8) is 0 Å². The van der Waals surface area contributed by atoms with E-state index >= 15 is 0 Å². The summed E-state index contributed by atoms with van der Waals surface area (Å²) in [5.74, 6) is 0.495. The molecular weight excluding hydrogens is 246 g/mol. The van der Waals surface area contributed by atoms with Crippen LogP contribution < -0.4 is 14.8 Å². The minimum atomic E-state index is -0.162. The number of methoxy groups -OCH3 is 1. The molecule has 0 saturated heterocycles. The lowest BCUT2D eigenvalue weighted by molar-refractivity contribution is -0.118. The van der Waals surface area contributed by atoms with Crippen LogP contribution in [0.4, 0.5) is 5.69 Å². The zero-order chi connectivity index (χ0) is 13.2. The Morgan fingerprint density at radius 1 is 1.37 bits per heavy atom. The van der Waals surface area contributed by atoms with E-state index in [1.807, 2.05) is 12.1 Å². The van der Waals surface area contributed by atoms with Crippen molar-refractivity contribution in [2.24, 2.45) is 0 Å². The van der Waals surface area contributed by atoms with Gasteiger partial charge in [0.25, 0.3) is 5.91 Å². The van der Waals surface area contributed by atoms with Crippen molar-refractivity contribution in [2.75, 3.05) is 19.0 Å². The first kappa shape index (κ1) is 11.5. The zero-order valence-electron chi connectivity index (χ0n) is 10.2. The highest BCUT2D eigenvalue weighted by atomic mass is 16.5. The third-order valence-corrected chi connectivity index (χ3v) is 2.72. The average molecular weight is 257 g/mol. The highest BCUT2D eigenvalue weighted by Gasteiger charge is 2.16. The molecule has 3 rings (SSSR count). The summed E-state index contributed by atoms with van der Waals surface area (Å²) in [6.45, 7) is 0.0493. The summed E-state index contributed by atoms with van der Waals surface area (Å²) < 4.78 is 10.3. The lowest BCUT2D eigenvalue weighted by Gasteiger charge is -2.18. The normalized spacial score (nSPS) is 13.2. The molecule has 0 spiro atoms. The maximum atomic E-state index is 11.3. The van der Waals surface area contributed by atoms with Crippen LogP contribution in [0.3, 0.4) is 0 Å². The number of amides is 1. The molecule has 0 atom stereocenters. The zero-order valence-corrected chi connectivity index (χ0v) is 10.2. The van der Waals surface area contributed by atoms with Gasteiger partial charge in [0.15, 0.2) is 6.61 Å². The van der Waals surface area contributed by atoms with Crippen molar-refractivity contribution in [1.82, 2.24) is 9.97 Å². The van der Waals surface area contributed by atoms with Gasteiger partial charge in [-0.3, -0.25) is 4.79 Å². The monoisotopic (exact) mass is 257 g/mol. The van der Waals surface area contributed by atoms with Crippen LogP contribution in [0.1, 0.15) is 0 Å².